The summed E-state index contributed by atoms with van der Waals surface area (Å²) >= 11 is 3.37. The average Bonchev–Trinajstić information content (AvgIpc) is 2.78. The van der Waals surface area contributed by atoms with Gasteiger partial charge in [-0.15, -0.1) is 0 Å². The number of hydrazone groups is 1. The minimum atomic E-state index is -0.364. The van der Waals surface area contributed by atoms with E-state index in [0.717, 1.165) is 15.6 Å². The van der Waals surface area contributed by atoms with Crippen LogP contribution >= 0.6 is 15.9 Å². The quantitative estimate of drug-likeness (QED) is 0.348. The van der Waals surface area contributed by atoms with Crippen molar-refractivity contribution in [3.63, 3.8) is 0 Å². The van der Waals surface area contributed by atoms with Gasteiger partial charge < -0.3 is 14.2 Å². The number of hydrogen-bond acceptors (Lipinski definition) is 5. The lowest BCUT2D eigenvalue weighted by molar-refractivity contribution is -0.123. The summed E-state index contributed by atoms with van der Waals surface area (Å²) in [6, 6.07) is 20.9. The van der Waals surface area contributed by atoms with Gasteiger partial charge in [0.2, 0.25) is 0 Å². The molecule has 0 fully saturated rings. The molecule has 0 atom stereocenters. The van der Waals surface area contributed by atoms with Gasteiger partial charge in [0.1, 0.15) is 12.4 Å². The summed E-state index contributed by atoms with van der Waals surface area (Å²) in [5.74, 6) is 1.44. The van der Waals surface area contributed by atoms with Gasteiger partial charge in [0.05, 0.1) is 17.8 Å². The number of nitrogens with one attached hydrogen (secondary N) is 1. The molecule has 0 unspecified atom stereocenters. The van der Waals surface area contributed by atoms with E-state index in [1.54, 1.807) is 19.2 Å². The maximum Gasteiger partial charge on any atom is 0.277 e. The van der Waals surface area contributed by atoms with E-state index >= 15 is 0 Å². The summed E-state index contributed by atoms with van der Waals surface area (Å²) in [6.45, 7) is 2.35. The molecule has 3 rings (SSSR count). The van der Waals surface area contributed by atoms with Gasteiger partial charge >= 0.3 is 0 Å². The van der Waals surface area contributed by atoms with E-state index in [9.17, 15) is 4.79 Å². The number of rotatable bonds is 9. The Bertz CT molecular complexity index is 1050. The number of benzene rings is 3. The molecular weight excluding hydrogens is 460 g/mol. The van der Waals surface area contributed by atoms with E-state index in [0.29, 0.717) is 23.9 Å². The van der Waals surface area contributed by atoms with Crippen LogP contribution < -0.4 is 19.6 Å². The number of carbonyl (C=O) groups is 1. The van der Waals surface area contributed by atoms with Crippen molar-refractivity contribution < 1.29 is 19.0 Å². The molecule has 0 spiro atoms. The van der Waals surface area contributed by atoms with Crippen LogP contribution in [0.5, 0.6) is 17.2 Å². The molecule has 1 amide bonds. The molecule has 0 radical (unpaired) electrons. The molecule has 3 aromatic rings. The standard InChI is InChI=1S/C24H23BrN2O4/c1-17-7-9-18(10-8-17)15-30-22-12-11-19(13-23(22)29-2)14-26-27-24(28)16-31-21-6-4-3-5-20(21)25/h3-14H,15-16H2,1-2H3,(H,27,28)/b26-14+. The van der Waals surface area contributed by atoms with Crippen molar-refractivity contribution in [2.45, 2.75) is 13.5 Å². The zero-order chi connectivity index (χ0) is 22.1. The number of nitrogens with zero attached hydrogens (tertiary/aromatic N) is 1. The molecule has 3 aromatic carbocycles. The first kappa shape index (κ1) is 22.4. The molecule has 0 saturated heterocycles. The molecule has 0 heterocycles. The first-order valence-electron chi connectivity index (χ1n) is 9.61. The lowest BCUT2D eigenvalue weighted by atomic mass is 10.2. The van der Waals surface area contributed by atoms with Crippen LogP contribution in [0.2, 0.25) is 0 Å². The molecule has 0 aliphatic rings. The molecule has 160 valence electrons. The second-order valence-electron chi connectivity index (χ2n) is 6.70. The monoisotopic (exact) mass is 482 g/mol. The Hall–Kier alpha value is -3.32. The Morgan fingerprint density at radius 1 is 1.00 bits per heavy atom. The minimum absolute atomic E-state index is 0.144. The summed E-state index contributed by atoms with van der Waals surface area (Å²) in [4.78, 5) is 11.9. The van der Waals surface area contributed by atoms with Crippen LogP contribution in [0.1, 0.15) is 16.7 Å². The number of hydrogen-bond donors (Lipinski definition) is 1. The van der Waals surface area contributed by atoms with Crippen LogP contribution in [0.25, 0.3) is 0 Å². The number of ether oxygens (including phenoxy) is 3. The van der Waals surface area contributed by atoms with Crippen molar-refractivity contribution in [3.8, 4) is 17.2 Å². The largest absolute Gasteiger partial charge is 0.493 e. The number of para-hydroxylation sites is 1. The minimum Gasteiger partial charge on any atom is -0.493 e. The molecule has 0 aliphatic carbocycles. The first-order chi connectivity index (χ1) is 15.0. The fraction of sp³-hybridized carbons (Fsp3) is 0.167. The van der Waals surface area contributed by atoms with E-state index < -0.39 is 0 Å². The topological polar surface area (TPSA) is 69.2 Å². The zero-order valence-electron chi connectivity index (χ0n) is 17.3. The van der Waals surface area contributed by atoms with Crippen LogP contribution in [0, 0.1) is 6.92 Å². The highest BCUT2D eigenvalue weighted by atomic mass is 79.9. The number of carbonyl (C=O) groups excluding carboxylic acids is 1. The Morgan fingerprint density at radius 2 is 1.77 bits per heavy atom. The lowest BCUT2D eigenvalue weighted by Gasteiger charge is -2.11. The molecular formula is C24H23BrN2O4. The van der Waals surface area contributed by atoms with E-state index in [4.69, 9.17) is 14.2 Å². The summed E-state index contributed by atoms with van der Waals surface area (Å²) in [7, 11) is 1.58. The summed E-state index contributed by atoms with van der Waals surface area (Å²) in [5.41, 5.74) is 5.48. The smallest absolute Gasteiger partial charge is 0.277 e. The fourth-order valence-corrected chi connectivity index (χ4v) is 3.04. The van der Waals surface area contributed by atoms with E-state index in [1.165, 1.54) is 11.8 Å². The highest BCUT2D eigenvalue weighted by Crippen LogP contribution is 2.28. The highest BCUT2D eigenvalue weighted by Gasteiger charge is 2.07. The SMILES string of the molecule is COc1cc(/C=N/NC(=O)COc2ccccc2Br)ccc1OCc1ccc(C)cc1. The maximum absolute atomic E-state index is 11.9. The van der Waals surface area contributed by atoms with Crippen LogP contribution in [-0.4, -0.2) is 25.8 Å². The number of methoxy groups -OCH3 is 1. The molecule has 0 saturated carbocycles. The van der Waals surface area contributed by atoms with Gasteiger partial charge in [-0.1, -0.05) is 42.0 Å². The number of aryl methyl sites for hydroxylation is 1. The van der Waals surface area contributed by atoms with Crippen LogP contribution in [-0.2, 0) is 11.4 Å². The van der Waals surface area contributed by atoms with Gasteiger partial charge in [0.25, 0.3) is 5.91 Å². The van der Waals surface area contributed by atoms with Gasteiger partial charge in [0.15, 0.2) is 18.1 Å². The van der Waals surface area contributed by atoms with Gasteiger partial charge in [-0.3, -0.25) is 4.79 Å². The molecule has 31 heavy (non-hydrogen) atoms. The summed E-state index contributed by atoms with van der Waals surface area (Å²) in [6.07, 6.45) is 1.53. The van der Waals surface area contributed by atoms with Crippen molar-refractivity contribution in [1.82, 2.24) is 5.43 Å². The molecule has 7 heteroatoms. The lowest BCUT2D eigenvalue weighted by Crippen LogP contribution is -2.24. The summed E-state index contributed by atoms with van der Waals surface area (Å²) in [5, 5.41) is 3.97. The molecule has 0 aliphatic heterocycles. The molecule has 0 bridgehead atoms. The van der Waals surface area contributed by atoms with Crippen LogP contribution in [0.4, 0.5) is 0 Å². The van der Waals surface area contributed by atoms with Crippen molar-refractivity contribution in [1.29, 1.82) is 0 Å². The second kappa shape index (κ2) is 11.2. The predicted octanol–water partition coefficient (Wildman–Crippen LogP) is 4.87. The maximum atomic E-state index is 11.9. The van der Waals surface area contributed by atoms with Gasteiger partial charge in [-0.25, -0.2) is 5.43 Å². The molecule has 6 nitrogen and oxygen atoms in total. The van der Waals surface area contributed by atoms with Crippen molar-refractivity contribution in [2.75, 3.05) is 13.7 Å². The third-order valence-corrected chi connectivity index (χ3v) is 4.96. The number of halogens is 1. The highest BCUT2D eigenvalue weighted by molar-refractivity contribution is 9.10. The Kier molecular flexibility index (Phi) is 8.06. The average molecular weight is 483 g/mol. The van der Waals surface area contributed by atoms with Crippen molar-refractivity contribution in [3.05, 3.63) is 87.9 Å². The fourth-order valence-electron chi connectivity index (χ4n) is 2.65. The van der Waals surface area contributed by atoms with E-state index in [1.807, 2.05) is 61.5 Å². The molecule has 1 N–H and O–H groups in total. The third-order valence-electron chi connectivity index (χ3n) is 4.30. The first-order valence-corrected chi connectivity index (χ1v) is 10.4. The van der Waals surface area contributed by atoms with Crippen molar-refractivity contribution in [2.24, 2.45) is 5.10 Å². The van der Waals surface area contributed by atoms with Crippen LogP contribution in [0.15, 0.2) is 76.3 Å². The van der Waals surface area contributed by atoms with Gasteiger partial charge in [-0.05, 0) is 64.3 Å². The number of amides is 1. The Labute approximate surface area is 190 Å². The van der Waals surface area contributed by atoms with Gasteiger partial charge in [0, 0.05) is 0 Å². The second-order valence-corrected chi connectivity index (χ2v) is 7.55. The van der Waals surface area contributed by atoms with Crippen LogP contribution in [0.3, 0.4) is 0 Å². The summed E-state index contributed by atoms with van der Waals surface area (Å²) < 4.78 is 17.5. The normalized spacial score (nSPS) is 10.7. The Balaban J connectivity index is 1.52. The molecule has 0 aromatic heterocycles. The third kappa shape index (κ3) is 6.86. The van der Waals surface area contributed by atoms with Crippen molar-refractivity contribution >= 4 is 28.1 Å². The Morgan fingerprint density at radius 3 is 2.52 bits per heavy atom. The van der Waals surface area contributed by atoms with E-state index in [-0.39, 0.29) is 12.5 Å². The van der Waals surface area contributed by atoms with Gasteiger partial charge in [-0.2, -0.15) is 5.10 Å². The predicted molar refractivity (Wildman–Crippen MR) is 124 cm³/mol. The zero-order valence-corrected chi connectivity index (χ0v) is 18.9. The van der Waals surface area contributed by atoms with E-state index in [2.05, 4.69) is 26.5 Å².